The quantitative estimate of drug-likeness (QED) is 0.844. The minimum atomic E-state index is -0.303. The van der Waals surface area contributed by atoms with Gasteiger partial charge in [-0.3, -0.25) is 0 Å². The van der Waals surface area contributed by atoms with Gasteiger partial charge in [-0.2, -0.15) is 0 Å². The number of nitrogens with one attached hydrogen (secondary N) is 1. The number of ether oxygens (including phenoxy) is 2. The molecule has 0 spiro atoms. The van der Waals surface area contributed by atoms with Crippen molar-refractivity contribution >= 4 is 11.3 Å². The first kappa shape index (κ1) is 14.9. The molecule has 1 fully saturated rings. The topological polar surface area (TPSA) is 43.4 Å². The molecule has 1 aromatic heterocycles. The van der Waals surface area contributed by atoms with Crippen LogP contribution in [0.2, 0.25) is 0 Å². The van der Waals surface area contributed by atoms with Crippen LogP contribution in [0, 0.1) is 0 Å². The molecule has 0 aromatic carbocycles. The maximum atomic E-state index is 6.27. The van der Waals surface area contributed by atoms with Gasteiger partial charge in [0.25, 0.3) is 0 Å². The smallest absolute Gasteiger partial charge is 0.116 e. The van der Waals surface area contributed by atoms with Crippen LogP contribution < -0.4 is 5.32 Å². The zero-order chi connectivity index (χ0) is 14.1. The molecule has 0 aliphatic carbocycles. The molecule has 2 rings (SSSR count). The minimum Gasteiger partial charge on any atom is -0.383 e. The van der Waals surface area contributed by atoms with Gasteiger partial charge in [-0.05, 0) is 27.7 Å². The molecule has 0 saturated carbocycles. The standard InChI is InChI=1S/C14H24N2O2S/c1-12(2)10-14(13(3,4)18-12,16-6-8-17-5)11-15-7-9-19-11/h7,9,16H,6,8,10H2,1-5H3. The number of thiazole rings is 1. The van der Waals surface area contributed by atoms with Gasteiger partial charge in [0.05, 0.1) is 17.8 Å². The zero-order valence-corrected chi connectivity index (χ0v) is 13.3. The molecule has 1 N–H and O–H groups in total. The highest BCUT2D eigenvalue weighted by Crippen LogP contribution is 2.51. The van der Waals surface area contributed by atoms with Crippen LogP contribution in [0.4, 0.5) is 0 Å². The molecule has 1 saturated heterocycles. The fourth-order valence-corrected chi connectivity index (χ4v) is 4.11. The summed E-state index contributed by atoms with van der Waals surface area (Å²) in [5, 5.41) is 6.76. The van der Waals surface area contributed by atoms with E-state index in [4.69, 9.17) is 9.47 Å². The summed E-state index contributed by atoms with van der Waals surface area (Å²) in [6, 6.07) is 0. The second-order valence-corrected chi connectivity index (χ2v) is 7.11. The molecule has 5 heteroatoms. The Bertz CT molecular complexity index is 417. The van der Waals surface area contributed by atoms with Gasteiger partial charge in [-0.1, -0.05) is 0 Å². The van der Waals surface area contributed by atoms with E-state index >= 15 is 0 Å². The van der Waals surface area contributed by atoms with E-state index in [1.807, 2.05) is 11.6 Å². The van der Waals surface area contributed by atoms with Gasteiger partial charge in [-0.25, -0.2) is 4.98 Å². The number of methoxy groups -OCH3 is 1. The summed E-state index contributed by atoms with van der Waals surface area (Å²) in [5.74, 6) is 0. The second-order valence-electron chi connectivity index (χ2n) is 6.21. The van der Waals surface area contributed by atoms with Crippen LogP contribution in [0.5, 0.6) is 0 Å². The molecule has 1 aliphatic rings. The van der Waals surface area contributed by atoms with Crippen molar-refractivity contribution in [3.05, 3.63) is 16.6 Å². The summed E-state index contributed by atoms with van der Waals surface area (Å²) >= 11 is 1.69. The zero-order valence-electron chi connectivity index (χ0n) is 12.4. The summed E-state index contributed by atoms with van der Waals surface area (Å²) in [6.45, 7) is 10.0. The Morgan fingerprint density at radius 1 is 1.42 bits per heavy atom. The number of nitrogens with zero attached hydrogens (tertiary/aromatic N) is 1. The van der Waals surface area contributed by atoms with Crippen molar-refractivity contribution in [3.63, 3.8) is 0 Å². The molecule has 2 heterocycles. The molecule has 1 aliphatic heterocycles. The third-order valence-electron chi connectivity index (χ3n) is 3.78. The van der Waals surface area contributed by atoms with Gasteiger partial charge in [0, 0.05) is 31.7 Å². The first-order valence-electron chi connectivity index (χ1n) is 6.67. The van der Waals surface area contributed by atoms with E-state index in [9.17, 15) is 0 Å². The lowest BCUT2D eigenvalue weighted by Crippen LogP contribution is -2.55. The highest BCUT2D eigenvalue weighted by Gasteiger charge is 2.59. The van der Waals surface area contributed by atoms with Crippen molar-refractivity contribution < 1.29 is 9.47 Å². The van der Waals surface area contributed by atoms with Gasteiger partial charge in [-0.15, -0.1) is 11.3 Å². The Balaban J connectivity index is 2.34. The number of hydrogen-bond donors (Lipinski definition) is 1. The molecule has 19 heavy (non-hydrogen) atoms. The summed E-state index contributed by atoms with van der Waals surface area (Å²) in [6.07, 6.45) is 2.77. The highest BCUT2D eigenvalue weighted by molar-refractivity contribution is 7.09. The lowest BCUT2D eigenvalue weighted by atomic mass is 9.79. The fourth-order valence-electron chi connectivity index (χ4n) is 3.15. The fraction of sp³-hybridized carbons (Fsp3) is 0.786. The molecule has 4 nitrogen and oxygen atoms in total. The molecule has 1 aromatic rings. The van der Waals surface area contributed by atoms with Gasteiger partial charge in [0.15, 0.2) is 0 Å². The normalized spacial score (nSPS) is 28.7. The van der Waals surface area contributed by atoms with Crippen LogP contribution in [-0.4, -0.2) is 36.4 Å². The van der Waals surface area contributed by atoms with E-state index in [0.717, 1.165) is 18.0 Å². The Hall–Kier alpha value is -0.490. The summed E-state index contributed by atoms with van der Waals surface area (Å²) in [5.41, 5.74) is -0.708. The maximum absolute atomic E-state index is 6.27. The van der Waals surface area contributed by atoms with E-state index in [0.29, 0.717) is 6.61 Å². The Morgan fingerprint density at radius 2 is 2.16 bits per heavy atom. The summed E-state index contributed by atoms with van der Waals surface area (Å²) in [4.78, 5) is 4.55. The van der Waals surface area contributed by atoms with Crippen LogP contribution in [-0.2, 0) is 15.0 Å². The average Bonchev–Trinajstić information content (AvgIpc) is 2.84. The van der Waals surface area contributed by atoms with Crippen LogP contribution >= 0.6 is 11.3 Å². The highest BCUT2D eigenvalue weighted by atomic mass is 32.1. The molecule has 0 bridgehead atoms. The molecule has 0 radical (unpaired) electrons. The first-order chi connectivity index (χ1) is 8.83. The second kappa shape index (κ2) is 5.13. The van der Waals surface area contributed by atoms with E-state index in [1.54, 1.807) is 18.4 Å². The monoisotopic (exact) mass is 284 g/mol. The van der Waals surface area contributed by atoms with Crippen molar-refractivity contribution in [1.82, 2.24) is 10.3 Å². The van der Waals surface area contributed by atoms with Gasteiger partial charge in [0.1, 0.15) is 10.5 Å². The number of rotatable bonds is 5. The van der Waals surface area contributed by atoms with Crippen LogP contribution in [0.3, 0.4) is 0 Å². The van der Waals surface area contributed by atoms with Crippen molar-refractivity contribution in [3.8, 4) is 0 Å². The van der Waals surface area contributed by atoms with E-state index < -0.39 is 0 Å². The first-order valence-corrected chi connectivity index (χ1v) is 7.55. The molecular weight excluding hydrogens is 260 g/mol. The number of hydrogen-bond acceptors (Lipinski definition) is 5. The summed E-state index contributed by atoms with van der Waals surface area (Å²) in [7, 11) is 1.72. The molecule has 1 atom stereocenters. The number of aromatic nitrogens is 1. The summed E-state index contributed by atoms with van der Waals surface area (Å²) < 4.78 is 11.4. The minimum absolute atomic E-state index is 0.157. The predicted octanol–water partition coefficient (Wildman–Crippen LogP) is 2.55. The van der Waals surface area contributed by atoms with Crippen molar-refractivity contribution in [1.29, 1.82) is 0 Å². The molecule has 108 valence electrons. The van der Waals surface area contributed by atoms with E-state index in [1.165, 1.54) is 0 Å². The van der Waals surface area contributed by atoms with Gasteiger partial charge in [0.2, 0.25) is 0 Å². The predicted molar refractivity (Wildman–Crippen MR) is 77.5 cm³/mol. The van der Waals surface area contributed by atoms with Crippen molar-refractivity contribution in [2.75, 3.05) is 20.3 Å². The van der Waals surface area contributed by atoms with Gasteiger partial charge < -0.3 is 14.8 Å². The van der Waals surface area contributed by atoms with Crippen LogP contribution in [0.25, 0.3) is 0 Å². The lowest BCUT2D eigenvalue weighted by Gasteiger charge is -2.39. The molecular formula is C14H24N2O2S. The molecule has 1 unspecified atom stereocenters. The van der Waals surface area contributed by atoms with Crippen molar-refractivity contribution in [2.24, 2.45) is 0 Å². The SMILES string of the molecule is COCCNC1(c2nccs2)CC(C)(C)OC1(C)C. The van der Waals surface area contributed by atoms with E-state index in [2.05, 4.69) is 38.0 Å². The lowest BCUT2D eigenvalue weighted by molar-refractivity contribution is -0.0847. The van der Waals surface area contributed by atoms with Crippen LogP contribution in [0.15, 0.2) is 11.6 Å². The van der Waals surface area contributed by atoms with Crippen molar-refractivity contribution in [2.45, 2.75) is 50.9 Å². The van der Waals surface area contributed by atoms with E-state index in [-0.39, 0.29) is 16.7 Å². The Morgan fingerprint density at radius 3 is 2.63 bits per heavy atom. The average molecular weight is 284 g/mol. The maximum Gasteiger partial charge on any atom is 0.116 e. The largest absolute Gasteiger partial charge is 0.383 e. The third kappa shape index (κ3) is 2.70. The Labute approximate surface area is 119 Å². The van der Waals surface area contributed by atoms with Gasteiger partial charge >= 0.3 is 0 Å². The van der Waals surface area contributed by atoms with Crippen LogP contribution in [0.1, 0.15) is 39.1 Å². The Kier molecular flexibility index (Phi) is 4.02. The molecule has 0 amide bonds. The third-order valence-corrected chi connectivity index (χ3v) is 4.72.